The molecule has 2 aliphatic heterocycles. The molecule has 0 saturated heterocycles. The molecular weight excluding hydrogens is 200 g/mol. The summed E-state index contributed by atoms with van der Waals surface area (Å²) in [6, 6.07) is 5.29. The Hall–Kier alpha value is -1.90. The molecule has 0 unspecified atom stereocenters. The monoisotopic (exact) mass is 212 g/mol. The maximum Gasteiger partial charge on any atom is 0.133 e. The third kappa shape index (κ3) is 1.21. The van der Waals surface area contributed by atoms with Gasteiger partial charge in [-0.1, -0.05) is 0 Å². The number of fused-ring (bicyclic) bond motifs is 3. The van der Waals surface area contributed by atoms with Gasteiger partial charge in [-0.25, -0.2) is 9.98 Å². The van der Waals surface area contributed by atoms with E-state index in [0.717, 1.165) is 28.5 Å². The fraction of sp³-hybridized carbons (Fsp3) is 0.231. The van der Waals surface area contributed by atoms with Crippen LogP contribution in [-0.2, 0) is 0 Å². The molecule has 0 spiro atoms. The van der Waals surface area contributed by atoms with Crippen molar-refractivity contribution >= 4 is 11.4 Å². The number of hydrogen-bond donors (Lipinski definition) is 1. The molecule has 0 radical (unpaired) electrons. The van der Waals surface area contributed by atoms with Crippen LogP contribution in [0.4, 0.5) is 0 Å². The molecule has 3 heteroatoms. The maximum atomic E-state index is 9.54. The first-order valence-corrected chi connectivity index (χ1v) is 5.31. The van der Waals surface area contributed by atoms with Crippen molar-refractivity contribution in [1.29, 1.82) is 0 Å². The molecule has 1 N–H and O–H groups in total. The molecule has 1 aromatic carbocycles. The second-order valence-corrected chi connectivity index (χ2v) is 4.21. The van der Waals surface area contributed by atoms with Gasteiger partial charge in [0.2, 0.25) is 0 Å². The summed E-state index contributed by atoms with van der Waals surface area (Å²) in [7, 11) is 0. The number of hydrogen-bond acceptors (Lipinski definition) is 3. The zero-order valence-electron chi connectivity index (χ0n) is 9.28. The number of amidine groups is 1. The average molecular weight is 212 g/mol. The highest BCUT2D eigenvalue weighted by atomic mass is 16.3. The van der Waals surface area contributed by atoms with Gasteiger partial charge >= 0.3 is 0 Å². The quantitative estimate of drug-likeness (QED) is 0.691. The average Bonchev–Trinajstić information content (AvgIpc) is 2.26. The minimum Gasteiger partial charge on any atom is -0.508 e. The van der Waals surface area contributed by atoms with Crippen molar-refractivity contribution in [2.24, 2.45) is 9.98 Å². The first kappa shape index (κ1) is 9.33. The molecule has 0 atom stereocenters. The summed E-state index contributed by atoms with van der Waals surface area (Å²) < 4.78 is 0. The van der Waals surface area contributed by atoms with E-state index in [1.165, 1.54) is 11.1 Å². The molecule has 2 heterocycles. The number of rotatable bonds is 0. The summed E-state index contributed by atoms with van der Waals surface area (Å²) in [4.78, 5) is 8.93. The Bertz CT molecular complexity index is 666. The lowest BCUT2D eigenvalue weighted by Gasteiger charge is -2.19. The van der Waals surface area contributed by atoms with Crippen LogP contribution in [0.2, 0.25) is 0 Å². The number of nitrogens with zero attached hydrogens (tertiary/aromatic N) is 2. The van der Waals surface area contributed by atoms with Crippen LogP contribution in [0.1, 0.15) is 20.3 Å². The summed E-state index contributed by atoms with van der Waals surface area (Å²) in [6.07, 6.45) is 0.777. The minimum absolute atomic E-state index is 0.290. The molecule has 0 aliphatic carbocycles. The molecule has 80 valence electrons. The zero-order chi connectivity index (χ0) is 11.3. The molecule has 0 saturated carbocycles. The van der Waals surface area contributed by atoms with Crippen molar-refractivity contribution in [3.63, 3.8) is 0 Å². The van der Waals surface area contributed by atoms with Crippen molar-refractivity contribution in [2.75, 3.05) is 0 Å². The highest BCUT2D eigenvalue weighted by molar-refractivity contribution is 5.97. The molecule has 0 fully saturated rings. The van der Waals surface area contributed by atoms with Crippen molar-refractivity contribution in [2.45, 2.75) is 20.3 Å². The molecule has 3 rings (SSSR count). The Kier molecular flexibility index (Phi) is 1.78. The second kappa shape index (κ2) is 3.04. The number of phenolic OH excluding ortho intramolecular Hbond substituents is 1. The molecule has 0 amide bonds. The van der Waals surface area contributed by atoms with Crippen LogP contribution >= 0.6 is 0 Å². The molecule has 2 aliphatic rings. The Morgan fingerprint density at radius 3 is 2.81 bits per heavy atom. The molecule has 1 aromatic rings. The van der Waals surface area contributed by atoms with Gasteiger partial charge in [0.15, 0.2) is 0 Å². The van der Waals surface area contributed by atoms with Gasteiger partial charge in [0.05, 0.1) is 5.36 Å². The number of benzene rings is 1. The van der Waals surface area contributed by atoms with E-state index in [2.05, 4.69) is 16.9 Å². The van der Waals surface area contributed by atoms with Crippen LogP contribution in [-0.4, -0.2) is 10.9 Å². The zero-order valence-corrected chi connectivity index (χ0v) is 9.28. The van der Waals surface area contributed by atoms with E-state index in [0.29, 0.717) is 0 Å². The Balaban J connectivity index is 2.50. The molecule has 3 nitrogen and oxygen atoms in total. The smallest absolute Gasteiger partial charge is 0.133 e. The van der Waals surface area contributed by atoms with Gasteiger partial charge in [-0.05, 0) is 43.2 Å². The molecule has 2 bridgehead atoms. The van der Waals surface area contributed by atoms with E-state index in [1.807, 2.05) is 13.0 Å². The lowest BCUT2D eigenvalue weighted by molar-refractivity contribution is 0.474. The third-order valence-electron chi connectivity index (χ3n) is 3.18. The fourth-order valence-corrected chi connectivity index (χ4v) is 2.19. The first-order chi connectivity index (χ1) is 7.65. The van der Waals surface area contributed by atoms with Crippen molar-refractivity contribution in [3.05, 3.63) is 40.0 Å². The largest absolute Gasteiger partial charge is 0.508 e. The lowest BCUT2D eigenvalue weighted by Crippen LogP contribution is -2.34. The summed E-state index contributed by atoms with van der Waals surface area (Å²) in [5, 5.41) is 11.5. The topological polar surface area (TPSA) is 45.0 Å². The van der Waals surface area contributed by atoms with Crippen LogP contribution in [0.25, 0.3) is 5.57 Å². The SMILES string of the molecule is CC1=C(C)C2=c3cc(O)ccc3=NC(=N1)C2. The number of aliphatic imine (C=N–C) groups is 1. The van der Waals surface area contributed by atoms with Crippen LogP contribution in [0, 0.1) is 0 Å². The Morgan fingerprint density at radius 1 is 1.19 bits per heavy atom. The third-order valence-corrected chi connectivity index (χ3v) is 3.18. The normalized spacial score (nSPS) is 17.9. The van der Waals surface area contributed by atoms with E-state index in [1.54, 1.807) is 12.1 Å². The van der Waals surface area contributed by atoms with Gasteiger partial charge in [0.1, 0.15) is 11.6 Å². The standard InChI is InChI=1S/C13H12N2O/c1-7-8(2)14-13-6-10(7)11-5-9(16)3-4-12(11)15-13/h3-5,16H,6H2,1-2H3. The van der Waals surface area contributed by atoms with Crippen molar-refractivity contribution in [1.82, 2.24) is 0 Å². The van der Waals surface area contributed by atoms with E-state index in [-0.39, 0.29) is 5.75 Å². The van der Waals surface area contributed by atoms with Crippen LogP contribution in [0.15, 0.2) is 39.5 Å². The highest BCUT2D eigenvalue weighted by Gasteiger charge is 2.18. The molecular formula is C13H12N2O. The molecule has 0 aromatic heterocycles. The summed E-state index contributed by atoms with van der Waals surface area (Å²) >= 11 is 0. The van der Waals surface area contributed by atoms with Gasteiger partial charge in [-0.15, -0.1) is 0 Å². The van der Waals surface area contributed by atoms with Gasteiger partial charge in [-0.2, -0.15) is 0 Å². The number of allylic oxidation sites excluding steroid dienone is 2. The Morgan fingerprint density at radius 2 is 2.00 bits per heavy atom. The first-order valence-electron chi connectivity index (χ1n) is 5.31. The minimum atomic E-state index is 0.290. The number of phenols is 1. The predicted octanol–water partition coefficient (Wildman–Crippen LogP) is 1.27. The van der Waals surface area contributed by atoms with E-state index >= 15 is 0 Å². The van der Waals surface area contributed by atoms with Crippen molar-refractivity contribution in [3.8, 4) is 5.75 Å². The number of aromatic hydroxyl groups is 1. The van der Waals surface area contributed by atoms with E-state index in [4.69, 9.17) is 0 Å². The van der Waals surface area contributed by atoms with Crippen LogP contribution in [0.5, 0.6) is 5.75 Å². The van der Waals surface area contributed by atoms with Crippen LogP contribution < -0.4 is 10.6 Å². The summed E-state index contributed by atoms with van der Waals surface area (Å²) in [5.74, 6) is 1.16. The summed E-state index contributed by atoms with van der Waals surface area (Å²) in [5.41, 5.74) is 3.46. The Labute approximate surface area is 93.2 Å². The van der Waals surface area contributed by atoms with Gasteiger partial charge in [-0.3, -0.25) is 0 Å². The highest BCUT2D eigenvalue weighted by Crippen LogP contribution is 2.26. The molecule has 16 heavy (non-hydrogen) atoms. The fourth-order valence-electron chi connectivity index (χ4n) is 2.19. The van der Waals surface area contributed by atoms with Gasteiger partial charge in [0, 0.05) is 17.3 Å². The predicted molar refractivity (Wildman–Crippen MR) is 62.7 cm³/mol. The van der Waals surface area contributed by atoms with E-state index < -0.39 is 0 Å². The van der Waals surface area contributed by atoms with Gasteiger partial charge < -0.3 is 5.11 Å². The maximum absolute atomic E-state index is 9.54. The lowest BCUT2D eigenvalue weighted by atomic mass is 9.95. The summed E-state index contributed by atoms with van der Waals surface area (Å²) in [6.45, 7) is 4.07. The van der Waals surface area contributed by atoms with Gasteiger partial charge in [0.25, 0.3) is 0 Å². The second-order valence-electron chi connectivity index (χ2n) is 4.21. The van der Waals surface area contributed by atoms with Crippen LogP contribution in [0.3, 0.4) is 0 Å². The van der Waals surface area contributed by atoms with Crippen molar-refractivity contribution < 1.29 is 5.11 Å². The van der Waals surface area contributed by atoms with E-state index in [9.17, 15) is 5.11 Å².